The first-order valence-corrected chi connectivity index (χ1v) is 10.1. The Labute approximate surface area is 169 Å². The van der Waals surface area contributed by atoms with E-state index in [-0.39, 0.29) is 5.91 Å². The van der Waals surface area contributed by atoms with Crippen molar-refractivity contribution >= 4 is 17.2 Å². The molecule has 0 atom stereocenters. The minimum absolute atomic E-state index is 0.208. The maximum atomic E-state index is 13.1. The SMILES string of the molecule is COc1cc2nc(C3CCOCC3)cn2cc1C(=O)Nc1cccnc1C1CC1. The van der Waals surface area contributed by atoms with Crippen LogP contribution in [-0.2, 0) is 4.74 Å². The van der Waals surface area contributed by atoms with Crippen LogP contribution in [0.5, 0.6) is 5.75 Å². The molecule has 2 aliphatic rings. The second-order valence-corrected chi connectivity index (χ2v) is 7.74. The highest BCUT2D eigenvalue weighted by Crippen LogP contribution is 2.42. The van der Waals surface area contributed by atoms with E-state index in [1.807, 2.05) is 28.8 Å². The molecule has 7 heteroatoms. The van der Waals surface area contributed by atoms with Gasteiger partial charge in [0, 0.05) is 49.7 Å². The average molecular weight is 392 g/mol. The number of carbonyl (C=O) groups excluding carboxylic acids is 1. The first kappa shape index (κ1) is 18.1. The van der Waals surface area contributed by atoms with Crippen molar-refractivity contribution in [2.45, 2.75) is 37.5 Å². The van der Waals surface area contributed by atoms with Gasteiger partial charge in [-0.05, 0) is 37.8 Å². The van der Waals surface area contributed by atoms with Crippen molar-refractivity contribution in [3.63, 3.8) is 0 Å². The maximum Gasteiger partial charge on any atom is 0.260 e. The van der Waals surface area contributed by atoms with Crippen LogP contribution in [0.3, 0.4) is 0 Å². The Balaban J connectivity index is 1.46. The standard InChI is InChI=1S/C22H24N4O3/c1-28-19-11-20-24-18(14-6-9-29-10-7-14)13-26(20)12-16(19)22(27)25-17-3-2-8-23-21(17)15-4-5-15/h2-3,8,11-15H,4-7,9-10H2,1H3,(H,25,27). The second-order valence-electron chi connectivity index (χ2n) is 7.74. The van der Waals surface area contributed by atoms with Crippen molar-refractivity contribution in [1.82, 2.24) is 14.4 Å². The van der Waals surface area contributed by atoms with Crippen molar-refractivity contribution in [2.75, 3.05) is 25.6 Å². The fourth-order valence-electron chi connectivity index (χ4n) is 3.96. The predicted octanol–water partition coefficient (Wildman–Crippen LogP) is 3.76. The zero-order valence-electron chi connectivity index (χ0n) is 16.4. The lowest BCUT2D eigenvalue weighted by Crippen LogP contribution is -2.15. The van der Waals surface area contributed by atoms with Gasteiger partial charge in [-0.15, -0.1) is 0 Å². The molecule has 1 aliphatic carbocycles. The van der Waals surface area contributed by atoms with Crippen LogP contribution in [0.4, 0.5) is 5.69 Å². The molecular weight excluding hydrogens is 368 g/mol. The number of anilines is 1. The molecule has 3 aromatic heterocycles. The van der Waals surface area contributed by atoms with E-state index in [1.54, 1.807) is 19.5 Å². The summed E-state index contributed by atoms with van der Waals surface area (Å²) in [6.45, 7) is 1.54. The summed E-state index contributed by atoms with van der Waals surface area (Å²) in [5.74, 6) is 1.14. The zero-order chi connectivity index (χ0) is 19.8. The van der Waals surface area contributed by atoms with E-state index in [4.69, 9.17) is 14.5 Å². The molecule has 29 heavy (non-hydrogen) atoms. The molecule has 1 N–H and O–H groups in total. The molecule has 0 radical (unpaired) electrons. The van der Waals surface area contributed by atoms with Gasteiger partial charge in [0.25, 0.3) is 5.91 Å². The van der Waals surface area contributed by atoms with Crippen LogP contribution >= 0.6 is 0 Å². The molecule has 1 amide bonds. The maximum absolute atomic E-state index is 13.1. The molecule has 3 aromatic rings. The first-order chi connectivity index (χ1) is 14.2. The van der Waals surface area contributed by atoms with Gasteiger partial charge in [-0.25, -0.2) is 4.98 Å². The summed E-state index contributed by atoms with van der Waals surface area (Å²) in [6.07, 6.45) is 9.78. The average Bonchev–Trinajstić information content (AvgIpc) is 3.52. The zero-order valence-corrected chi connectivity index (χ0v) is 16.4. The number of nitrogens with one attached hydrogen (secondary N) is 1. The molecule has 5 rings (SSSR count). The van der Waals surface area contributed by atoms with Crippen molar-refractivity contribution in [3.05, 3.63) is 53.7 Å². The summed E-state index contributed by atoms with van der Waals surface area (Å²) in [6, 6.07) is 5.57. The molecule has 150 valence electrons. The van der Waals surface area contributed by atoms with Gasteiger partial charge in [0.05, 0.1) is 29.7 Å². The summed E-state index contributed by atoms with van der Waals surface area (Å²) in [5.41, 5.74) is 4.03. The summed E-state index contributed by atoms with van der Waals surface area (Å²) in [5, 5.41) is 3.03. The Kier molecular flexibility index (Phi) is 4.67. The molecule has 1 saturated heterocycles. The van der Waals surface area contributed by atoms with Crippen molar-refractivity contribution in [2.24, 2.45) is 0 Å². The third kappa shape index (κ3) is 3.58. The van der Waals surface area contributed by atoms with E-state index in [9.17, 15) is 4.79 Å². The van der Waals surface area contributed by atoms with Crippen LogP contribution in [0, 0.1) is 0 Å². The molecule has 2 fully saturated rings. The number of carbonyl (C=O) groups is 1. The Morgan fingerprint density at radius 3 is 2.79 bits per heavy atom. The molecule has 0 spiro atoms. The van der Waals surface area contributed by atoms with Gasteiger partial charge in [-0.2, -0.15) is 0 Å². The first-order valence-electron chi connectivity index (χ1n) is 10.1. The normalized spacial score (nSPS) is 17.4. The van der Waals surface area contributed by atoms with Crippen LogP contribution in [0.1, 0.15) is 59.3 Å². The lowest BCUT2D eigenvalue weighted by atomic mass is 9.97. The Bertz CT molecular complexity index is 1050. The number of nitrogens with zero attached hydrogens (tertiary/aromatic N) is 3. The van der Waals surface area contributed by atoms with Crippen molar-refractivity contribution < 1.29 is 14.3 Å². The van der Waals surface area contributed by atoms with Gasteiger partial charge in [0.2, 0.25) is 0 Å². The lowest BCUT2D eigenvalue weighted by molar-refractivity contribution is 0.0846. The van der Waals surface area contributed by atoms with Crippen LogP contribution < -0.4 is 10.1 Å². The smallest absolute Gasteiger partial charge is 0.260 e. The lowest BCUT2D eigenvalue weighted by Gasteiger charge is -2.19. The highest BCUT2D eigenvalue weighted by atomic mass is 16.5. The van der Waals surface area contributed by atoms with E-state index >= 15 is 0 Å². The van der Waals surface area contributed by atoms with Gasteiger partial charge in [-0.1, -0.05) is 0 Å². The summed E-state index contributed by atoms with van der Waals surface area (Å²) >= 11 is 0. The highest BCUT2D eigenvalue weighted by molar-refractivity contribution is 6.06. The van der Waals surface area contributed by atoms with E-state index < -0.39 is 0 Å². The monoisotopic (exact) mass is 392 g/mol. The molecule has 0 aromatic carbocycles. The molecule has 4 heterocycles. The largest absolute Gasteiger partial charge is 0.496 e. The molecule has 0 bridgehead atoms. The highest BCUT2D eigenvalue weighted by Gasteiger charge is 2.28. The molecule has 0 unspecified atom stereocenters. The van der Waals surface area contributed by atoms with Crippen LogP contribution in [0.2, 0.25) is 0 Å². The topological polar surface area (TPSA) is 77.8 Å². The van der Waals surface area contributed by atoms with Crippen LogP contribution in [0.25, 0.3) is 5.65 Å². The number of pyridine rings is 2. The second kappa shape index (κ2) is 7.48. The number of ether oxygens (including phenoxy) is 2. The van der Waals surface area contributed by atoms with E-state index in [0.717, 1.165) is 61.6 Å². The molecule has 7 nitrogen and oxygen atoms in total. The van der Waals surface area contributed by atoms with Crippen molar-refractivity contribution in [1.29, 1.82) is 0 Å². The van der Waals surface area contributed by atoms with E-state index in [2.05, 4.69) is 10.3 Å². The molecule has 1 saturated carbocycles. The third-order valence-corrected chi connectivity index (χ3v) is 5.73. The number of hydrogen-bond donors (Lipinski definition) is 1. The van der Waals surface area contributed by atoms with Gasteiger partial charge in [-0.3, -0.25) is 9.78 Å². The van der Waals surface area contributed by atoms with E-state index in [0.29, 0.717) is 23.1 Å². The Hall–Kier alpha value is -2.93. The summed E-state index contributed by atoms with van der Waals surface area (Å²) in [7, 11) is 1.57. The van der Waals surface area contributed by atoms with Crippen LogP contribution in [-0.4, -0.2) is 40.6 Å². The number of amides is 1. The Morgan fingerprint density at radius 1 is 1.21 bits per heavy atom. The Morgan fingerprint density at radius 2 is 2.03 bits per heavy atom. The quantitative estimate of drug-likeness (QED) is 0.715. The van der Waals surface area contributed by atoms with Crippen molar-refractivity contribution in [3.8, 4) is 5.75 Å². The van der Waals surface area contributed by atoms with Gasteiger partial charge in [0.15, 0.2) is 0 Å². The van der Waals surface area contributed by atoms with Crippen LogP contribution in [0.15, 0.2) is 36.8 Å². The fraction of sp³-hybridized carbons (Fsp3) is 0.409. The number of rotatable bonds is 5. The number of aromatic nitrogens is 3. The predicted molar refractivity (Wildman–Crippen MR) is 109 cm³/mol. The number of methoxy groups -OCH3 is 1. The van der Waals surface area contributed by atoms with E-state index in [1.165, 1.54) is 0 Å². The summed E-state index contributed by atoms with van der Waals surface area (Å²) in [4.78, 5) is 22.3. The van der Waals surface area contributed by atoms with Gasteiger partial charge < -0.3 is 19.2 Å². The number of hydrogen-bond acceptors (Lipinski definition) is 5. The third-order valence-electron chi connectivity index (χ3n) is 5.73. The molecular formula is C22H24N4O3. The van der Waals surface area contributed by atoms with Gasteiger partial charge in [0.1, 0.15) is 11.4 Å². The minimum Gasteiger partial charge on any atom is -0.496 e. The van der Waals surface area contributed by atoms with Gasteiger partial charge >= 0.3 is 0 Å². The summed E-state index contributed by atoms with van der Waals surface area (Å²) < 4.78 is 12.9. The molecule has 1 aliphatic heterocycles. The number of fused-ring (bicyclic) bond motifs is 1. The number of imidazole rings is 1. The minimum atomic E-state index is -0.208. The fourth-order valence-corrected chi connectivity index (χ4v) is 3.96.